The van der Waals surface area contributed by atoms with Crippen LogP contribution in [0.15, 0.2) is 60.8 Å². The van der Waals surface area contributed by atoms with Crippen LogP contribution in [0.4, 0.5) is 0 Å². The van der Waals surface area contributed by atoms with Crippen LogP contribution in [0.25, 0.3) is 22.6 Å². The molecule has 1 fully saturated rings. The molecule has 30 heavy (non-hydrogen) atoms. The van der Waals surface area contributed by atoms with Crippen molar-refractivity contribution in [1.29, 1.82) is 0 Å². The van der Waals surface area contributed by atoms with E-state index in [4.69, 9.17) is 14.7 Å². The van der Waals surface area contributed by atoms with E-state index in [1.165, 1.54) is 0 Å². The predicted octanol–water partition coefficient (Wildman–Crippen LogP) is 4.74. The van der Waals surface area contributed by atoms with Gasteiger partial charge >= 0.3 is 5.97 Å². The van der Waals surface area contributed by atoms with Crippen molar-refractivity contribution < 1.29 is 9.53 Å². The SMILES string of the molecule is O=C1O[C@]2(CC[C@H](c3nc4nc(-c5ccccc5)cnc4[nH]3)CC2)c2ccccc21. The van der Waals surface area contributed by atoms with Gasteiger partial charge in [-0.25, -0.2) is 19.7 Å². The molecule has 6 heteroatoms. The van der Waals surface area contributed by atoms with Gasteiger partial charge in [0.1, 0.15) is 11.4 Å². The topological polar surface area (TPSA) is 80.8 Å². The molecule has 2 aliphatic rings. The number of imidazole rings is 1. The Balaban J connectivity index is 1.26. The summed E-state index contributed by atoms with van der Waals surface area (Å²) in [6.07, 6.45) is 5.17. The number of nitrogens with zero attached hydrogens (tertiary/aromatic N) is 3. The fourth-order valence-electron chi connectivity index (χ4n) is 4.82. The zero-order valence-corrected chi connectivity index (χ0v) is 16.3. The molecule has 1 N–H and O–H groups in total. The molecule has 0 amide bonds. The third-order valence-electron chi connectivity index (χ3n) is 6.40. The van der Waals surface area contributed by atoms with Gasteiger partial charge < -0.3 is 9.72 Å². The molecule has 3 heterocycles. The molecular formula is C24H20N4O2. The Labute approximate surface area is 173 Å². The Bertz CT molecular complexity index is 1260. The molecule has 2 aromatic carbocycles. The van der Waals surface area contributed by atoms with Crippen LogP contribution in [-0.2, 0) is 10.3 Å². The molecule has 148 valence electrons. The highest BCUT2D eigenvalue weighted by molar-refractivity contribution is 5.94. The Kier molecular flexibility index (Phi) is 3.75. The number of hydrogen-bond donors (Lipinski definition) is 1. The summed E-state index contributed by atoms with van der Waals surface area (Å²) in [5, 5.41) is 0. The summed E-state index contributed by atoms with van der Waals surface area (Å²) in [7, 11) is 0. The van der Waals surface area contributed by atoms with Crippen LogP contribution in [0.1, 0.15) is 53.3 Å². The van der Waals surface area contributed by atoms with Gasteiger partial charge in [-0.15, -0.1) is 0 Å². The minimum atomic E-state index is -0.479. The first-order valence-corrected chi connectivity index (χ1v) is 10.3. The number of ether oxygens (including phenoxy) is 1. The largest absolute Gasteiger partial charge is 0.451 e. The number of carbonyl (C=O) groups is 1. The fourth-order valence-corrected chi connectivity index (χ4v) is 4.82. The number of aromatic amines is 1. The van der Waals surface area contributed by atoms with E-state index in [0.717, 1.165) is 48.3 Å². The van der Waals surface area contributed by atoms with E-state index >= 15 is 0 Å². The lowest BCUT2D eigenvalue weighted by molar-refractivity contribution is -0.0312. The number of rotatable bonds is 2. The predicted molar refractivity (Wildman–Crippen MR) is 112 cm³/mol. The van der Waals surface area contributed by atoms with Gasteiger partial charge in [0, 0.05) is 17.0 Å². The summed E-state index contributed by atoms with van der Waals surface area (Å²) in [5.74, 6) is 0.996. The van der Waals surface area contributed by atoms with E-state index in [1.54, 1.807) is 6.20 Å². The molecule has 1 spiro atoms. The number of benzene rings is 2. The van der Waals surface area contributed by atoms with Gasteiger partial charge in [0.05, 0.1) is 17.5 Å². The average molecular weight is 396 g/mol. The molecule has 0 radical (unpaired) electrons. The molecule has 1 saturated carbocycles. The van der Waals surface area contributed by atoms with Crippen LogP contribution in [0.3, 0.4) is 0 Å². The highest BCUT2D eigenvalue weighted by atomic mass is 16.6. The number of aromatic nitrogens is 4. The zero-order chi connectivity index (χ0) is 20.1. The maximum Gasteiger partial charge on any atom is 0.339 e. The maximum absolute atomic E-state index is 12.3. The normalized spacial score (nSPS) is 22.9. The molecule has 0 unspecified atom stereocenters. The van der Waals surface area contributed by atoms with Crippen LogP contribution in [-0.4, -0.2) is 25.9 Å². The number of carbonyl (C=O) groups excluding carboxylic acids is 1. The number of hydrogen-bond acceptors (Lipinski definition) is 5. The first-order chi connectivity index (χ1) is 14.7. The summed E-state index contributed by atoms with van der Waals surface area (Å²) in [4.78, 5) is 29.6. The molecule has 0 atom stereocenters. The lowest BCUT2D eigenvalue weighted by atomic mass is 9.75. The van der Waals surface area contributed by atoms with Crippen molar-refractivity contribution in [3.05, 3.63) is 77.7 Å². The number of fused-ring (bicyclic) bond motifs is 3. The Morgan fingerprint density at radius 2 is 1.73 bits per heavy atom. The van der Waals surface area contributed by atoms with Crippen molar-refractivity contribution in [2.75, 3.05) is 0 Å². The second-order valence-corrected chi connectivity index (χ2v) is 8.12. The Morgan fingerprint density at radius 3 is 2.57 bits per heavy atom. The van der Waals surface area contributed by atoms with Gasteiger partial charge in [0.2, 0.25) is 0 Å². The van der Waals surface area contributed by atoms with Crippen LogP contribution >= 0.6 is 0 Å². The summed E-state index contributed by atoms with van der Waals surface area (Å²) in [6, 6.07) is 17.8. The van der Waals surface area contributed by atoms with E-state index in [0.29, 0.717) is 16.9 Å². The van der Waals surface area contributed by atoms with Gasteiger partial charge in [-0.05, 0) is 31.7 Å². The molecule has 2 aromatic heterocycles. The van der Waals surface area contributed by atoms with Crippen molar-refractivity contribution in [1.82, 2.24) is 19.9 Å². The molecule has 6 rings (SSSR count). The third kappa shape index (κ3) is 2.64. The number of H-pyrrole nitrogens is 1. The zero-order valence-electron chi connectivity index (χ0n) is 16.3. The van der Waals surface area contributed by atoms with Crippen LogP contribution < -0.4 is 0 Å². The van der Waals surface area contributed by atoms with Crippen LogP contribution in [0.2, 0.25) is 0 Å². The number of nitrogens with one attached hydrogen (secondary N) is 1. The second-order valence-electron chi connectivity index (χ2n) is 8.12. The van der Waals surface area contributed by atoms with Crippen molar-refractivity contribution in [2.45, 2.75) is 37.2 Å². The average Bonchev–Trinajstić information content (AvgIpc) is 3.34. The second kappa shape index (κ2) is 6.49. The van der Waals surface area contributed by atoms with Crippen molar-refractivity contribution in [3.8, 4) is 11.3 Å². The highest BCUT2D eigenvalue weighted by Gasteiger charge is 2.47. The fraction of sp³-hybridized carbons (Fsp3) is 0.250. The Hall–Kier alpha value is -3.54. The first-order valence-electron chi connectivity index (χ1n) is 10.3. The van der Waals surface area contributed by atoms with Crippen LogP contribution in [0.5, 0.6) is 0 Å². The molecule has 0 bridgehead atoms. The van der Waals surface area contributed by atoms with Gasteiger partial charge in [-0.2, -0.15) is 0 Å². The quantitative estimate of drug-likeness (QED) is 0.495. The lowest BCUT2D eigenvalue weighted by Crippen LogP contribution is -2.31. The van der Waals surface area contributed by atoms with E-state index in [2.05, 4.69) is 9.97 Å². The summed E-state index contributed by atoms with van der Waals surface area (Å²) < 4.78 is 5.87. The first kappa shape index (κ1) is 17.3. The van der Waals surface area contributed by atoms with Gasteiger partial charge in [-0.3, -0.25) is 0 Å². The standard InChI is InChI=1S/C24H20N4O2/c29-23-17-8-4-5-9-18(17)24(30-23)12-10-16(11-13-24)20-27-21-22(28-20)26-19(14-25-21)15-6-2-1-3-7-15/h1-9,14,16H,10-13H2,(H,25,26,27,28)/t16-,24-. The van der Waals surface area contributed by atoms with Crippen molar-refractivity contribution >= 4 is 17.3 Å². The minimum Gasteiger partial charge on any atom is -0.451 e. The summed E-state index contributed by atoms with van der Waals surface area (Å²) in [6.45, 7) is 0. The van der Waals surface area contributed by atoms with Crippen molar-refractivity contribution in [2.24, 2.45) is 0 Å². The molecular weight excluding hydrogens is 376 g/mol. The molecule has 6 nitrogen and oxygen atoms in total. The number of esters is 1. The van der Waals surface area contributed by atoms with Crippen molar-refractivity contribution in [3.63, 3.8) is 0 Å². The molecule has 1 aliphatic carbocycles. The van der Waals surface area contributed by atoms with E-state index in [1.807, 2.05) is 54.6 Å². The molecule has 4 aromatic rings. The third-order valence-corrected chi connectivity index (χ3v) is 6.40. The molecule has 0 saturated heterocycles. The van der Waals surface area contributed by atoms with E-state index in [-0.39, 0.29) is 11.9 Å². The molecule has 1 aliphatic heterocycles. The summed E-state index contributed by atoms with van der Waals surface area (Å²) in [5.41, 5.74) is 4.46. The maximum atomic E-state index is 12.3. The minimum absolute atomic E-state index is 0.199. The van der Waals surface area contributed by atoms with Gasteiger partial charge in [-0.1, -0.05) is 48.5 Å². The van der Waals surface area contributed by atoms with Gasteiger partial charge in [0.15, 0.2) is 11.3 Å². The lowest BCUT2D eigenvalue weighted by Gasteiger charge is -2.35. The highest BCUT2D eigenvalue weighted by Crippen LogP contribution is 2.49. The smallest absolute Gasteiger partial charge is 0.339 e. The monoisotopic (exact) mass is 396 g/mol. The van der Waals surface area contributed by atoms with E-state index in [9.17, 15) is 4.79 Å². The van der Waals surface area contributed by atoms with E-state index < -0.39 is 5.60 Å². The van der Waals surface area contributed by atoms with Gasteiger partial charge in [0.25, 0.3) is 0 Å². The Morgan fingerprint density at radius 1 is 0.967 bits per heavy atom. The summed E-state index contributed by atoms with van der Waals surface area (Å²) >= 11 is 0. The van der Waals surface area contributed by atoms with Crippen LogP contribution in [0, 0.1) is 0 Å².